The van der Waals surface area contributed by atoms with E-state index in [9.17, 15) is 4.39 Å². The number of alkyl halides is 1. The highest BCUT2D eigenvalue weighted by Gasteiger charge is 2.06. The number of pyridine rings is 1. The highest BCUT2D eigenvalue weighted by molar-refractivity contribution is 5.50. The van der Waals surface area contributed by atoms with E-state index in [4.69, 9.17) is 0 Å². The summed E-state index contributed by atoms with van der Waals surface area (Å²) in [6, 6.07) is 3.82. The maximum atomic E-state index is 12.5. The molecule has 0 aromatic carbocycles. The van der Waals surface area contributed by atoms with Crippen LogP contribution in [-0.2, 0) is 0 Å². The minimum absolute atomic E-state index is 0.456. The monoisotopic (exact) mass is 182 g/mol. The largest absolute Gasteiger partial charge is 0.343 e. The van der Waals surface area contributed by atoms with E-state index in [2.05, 4.69) is 4.98 Å². The van der Waals surface area contributed by atoms with Gasteiger partial charge in [-0.1, -0.05) is 0 Å². The van der Waals surface area contributed by atoms with Gasteiger partial charge in [0.15, 0.2) is 6.80 Å². The lowest BCUT2D eigenvalue weighted by atomic mass is 10.2. The molecule has 0 saturated heterocycles. The highest BCUT2D eigenvalue weighted by atomic mass is 19.1. The molecule has 13 heavy (non-hydrogen) atoms. The molecule has 2 nitrogen and oxygen atoms in total. The number of nitrogens with zero attached hydrogens (tertiary/aromatic N) is 2. The Labute approximate surface area is 78.4 Å². The Morgan fingerprint density at radius 2 is 2.08 bits per heavy atom. The summed E-state index contributed by atoms with van der Waals surface area (Å²) in [7, 11) is 0. The van der Waals surface area contributed by atoms with Crippen LogP contribution in [-0.4, -0.2) is 18.3 Å². The smallest absolute Gasteiger partial charge is 0.162 e. The second-order valence-corrected chi connectivity index (χ2v) is 3.03. The molecule has 0 saturated carbocycles. The number of anilines is 1. The van der Waals surface area contributed by atoms with Crippen LogP contribution in [0.25, 0.3) is 0 Å². The van der Waals surface area contributed by atoms with Crippen LogP contribution < -0.4 is 4.90 Å². The van der Waals surface area contributed by atoms with E-state index in [1.807, 2.05) is 32.9 Å². The molecule has 0 spiro atoms. The average molecular weight is 182 g/mol. The van der Waals surface area contributed by atoms with Gasteiger partial charge in [0.2, 0.25) is 0 Å². The van der Waals surface area contributed by atoms with Gasteiger partial charge < -0.3 is 4.90 Å². The van der Waals surface area contributed by atoms with Crippen LogP contribution in [0.2, 0.25) is 0 Å². The van der Waals surface area contributed by atoms with E-state index in [1.165, 1.54) is 0 Å². The summed E-state index contributed by atoms with van der Waals surface area (Å²) in [4.78, 5) is 5.94. The number of hydrogen-bond donors (Lipinski definition) is 0. The van der Waals surface area contributed by atoms with Crippen molar-refractivity contribution >= 4 is 5.69 Å². The standard InChI is InChI=1S/C10H15FN2/c1-4-13(7-11)10-6-5-8(2)12-9(10)3/h5-6H,4,7H2,1-3H3. The summed E-state index contributed by atoms with van der Waals surface area (Å²) in [5.41, 5.74) is 2.74. The van der Waals surface area contributed by atoms with Crippen molar-refractivity contribution in [3.05, 3.63) is 23.5 Å². The summed E-state index contributed by atoms with van der Waals surface area (Å²) in [5, 5.41) is 0. The topological polar surface area (TPSA) is 16.1 Å². The number of aryl methyl sites for hydroxylation is 2. The Kier molecular flexibility index (Phi) is 3.23. The van der Waals surface area contributed by atoms with Crippen molar-refractivity contribution in [1.29, 1.82) is 0 Å². The molecule has 0 unspecified atom stereocenters. The second kappa shape index (κ2) is 4.21. The predicted molar refractivity (Wildman–Crippen MR) is 52.7 cm³/mol. The van der Waals surface area contributed by atoms with Crippen molar-refractivity contribution in [3.8, 4) is 0 Å². The molecule has 0 amide bonds. The zero-order valence-electron chi connectivity index (χ0n) is 8.34. The van der Waals surface area contributed by atoms with Crippen molar-refractivity contribution < 1.29 is 4.39 Å². The third-order valence-corrected chi connectivity index (χ3v) is 2.06. The number of rotatable bonds is 3. The fourth-order valence-corrected chi connectivity index (χ4v) is 1.33. The molecule has 0 aliphatic rings. The van der Waals surface area contributed by atoms with Crippen LogP contribution in [0.4, 0.5) is 10.1 Å². The van der Waals surface area contributed by atoms with Crippen molar-refractivity contribution in [2.24, 2.45) is 0 Å². The average Bonchev–Trinajstić information content (AvgIpc) is 2.10. The summed E-state index contributed by atoms with van der Waals surface area (Å²) < 4.78 is 12.5. The quantitative estimate of drug-likeness (QED) is 0.667. The van der Waals surface area contributed by atoms with E-state index in [1.54, 1.807) is 4.90 Å². The molecule has 0 radical (unpaired) electrons. The molecule has 0 fully saturated rings. The normalized spacial score (nSPS) is 10.2. The molecular formula is C10H15FN2. The van der Waals surface area contributed by atoms with E-state index in [-0.39, 0.29) is 0 Å². The molecule has 0 bridgehead atoms. The number of hydrogen-bond acceptors (Lipinski definition) is 2. The summed E-state index contributed by atoms with van der Waals surface area (Å²) >= 11 is 0. The lowest BCUT2D eigenvalue weighted by molar-refractivity contribution is 0.478. The molecule has 1 rings (SSSR count). The molecular weight excluding hydrogens is 167 g/mol. The fourth-order valence-electron chi connectivity index (χ4n) is 1.33. The lowest BCUT2D eigenvalue weighted by Crippen LogP contribution is -2.22. The molecule has 0 aliphatic carbocycles. The first-order valence-electron chi connectivity index (χ1n) is 4.44. The maximum Gasteiger partial charge on any atom is 0.162 e. The van der Waals surface area contributed by atoms with Crippen LogP contribution in [0.1, 0.15) is 18.3 Å². The summed E-state index contributed by atoms with van der Waals surface area (Å²) in [5.74, 6) is 0. The van der Waals surface area contributed by atoms with E-state index >= 15 is 0 Å². The first-order chi connectivity index (χ1) is 6.19. The Hall–Kier alpha value is -1.12. The number of aromatic nitrogens is 1. The molecule has 0 aliphatic heterocycles. The van der Waals surface area contributed by atoms with Crippen LogP contribution >= 0.6 is 0 Å². The molecule has 72 valence electrons. The summed E-state index contributed by atoms with van der Waals surface area (Å²) in [6.07, 6.45) is 0. The fraction of sp³-hybridized carbons (Fsp3) is 0.500. The molecule has 0 atom stereocenters. The van der Waals surface area contributed by atoms with Gasteiger partial charge in [0, 0.05) is 12.2 Å². The van der Waals surface area contributed by atoms with E-state index in [0.29, 0.717) is 6.54 Å². The Morgan fingerprint density at radius 1 is 1.38 bits per heavy atom. The van der Waals surface area contributed by atoms with Gasteiger partial charge in [-0.2, -0.15) is 0 Å². The molecule has 1 aromatic heterocycles. The van der Waals surface area contributed by atoms with Crippen molar-refractivity contribution in [2.45, 2.75) is 20.8 Å². The highest BCUT2D eigenvalue weighted by Crippen LogP contribution is 2.17. The minimum Gasteiger partial charge on any atom is -0.343 e. The molecule has 1 heterocycles. The van der Waals surface area contributed by atoms with Crippen molar-refractivity contribution in [3.63, 3.8) is 0 Å². The Morgan fingerprint density at radius 3 is 2.54 bits per heavy atom. The minimum atomic E-state index is -0.456. The van der Waals surface area contributed by atoms with Gasteiger partial charge >= 0.3 is 0 Å². The Balaban J connectivity index is 2.99. The van der Waals surface area contributed by atoms with Gasteiger partial charge in [0.25, 0.3) is 0 Å². The molecule has 0 N–H and O–H groups in total. The van der Waals surface area contributed by atoms with Crippen LogP contribution in [0.15, 0.2) is 12.1 Å². The molecule has 1 aromatic rings. The maximum absolute atomic E-state index is 12.5. The zero-order valence-corrected chi connectivity index (χ0v) is 8.34. The molecule has 3 heteroatoms. The SMILES string of the molecule is CCN(CF)c1ccc(C)nc1C. The van der Waals surface area contributed by atoms with E-state index < -0.39 is 6.80 Å². The van der Waals surface area contributed by atoms with Crippen LogP contribution in [0.3, 0.4) is 0 Å². The van der Waals surface area contributed by atoms with Gasteiger partial charge in [-0.25, -0.2) is 4.39 Å². The first kappa shape index (κ1) is 9.96. The van der Waals surface area contributed by atoms with Crippen molar-refractivity contribution in [1.82, 2.24) is 4.98 Å². The van der Waals surface area contributed by atoms with Crippen LogP contribution in [0, 0.1) is 13.8 Å². The lowest BCUT2D eigenvalue weighted by Gasteiger charge is -2.20. The first-order valence-corrected chi connectivity index (χ1v) is 4.44. The van der Waals surface area contributed by atoms with Gasteiger partial charge in [-0.15, -0.1) is 0 Å². The second-order valence-electron chi connectivity index (χ2n) is 3.03. The zero-order chi connectivity index (χ0) is 9.84. The third kappa shape index (κ3) is 2.17. The predicted octanol–water partition coefficient (Wildman–Crippen LogP) is 2.45. The van der Waals surface area contributed by atoms with Gasteiger partial charge in [-0.3, -0.25) is 4.98 Å². The summed E-state index contributed by atoms with van der Waals surface area (Å²) in [6.45, 7) is 5.98. The van der Waals surface area contributed by atoms with Gasteiger partial charge in [0.05, 0.1) is 11.4 Å². The van der Waals surface area contributed by atoms with Crippen LogP contribution in [0.5, 0.6) is 0 Å². The number of halogens is 1. The van der Waals surface area contributed by atoms with Crippen molar-refractivity contribution in [2.75, 3.05) is 18.2 Å². The van der Waals surface area contributed by atoms with Gasteiger partial charge in [-0.05, 0) is 32.9 Å². The Bertz CT molecular complexity index is 282. The third-order valence-electron chi connectivity index (χ3n) is 2.06. The van der Waals surface area contributed by atoms with E-state index in [0.717, 1.165) is 17.1 Å². The van der Waals surface area contributed by atoms with Gasteiger partial charge in [0.1, 0.15) is 0 Å².